The molecule has 0 amide bonds. The fourth-order valence-corrected chi connectivity index (χ4v) is 4.07. The van der Waals surface area contributed by atoms with Gasteiger partial charge in [0, 0.05) is 11.4 Å². The van der Waals surface area contributed by atoms with Crippen LogP contribution in [0.1, 0.15) is 17.4 Å². The third-order valence-corrected chi connectivity index (χ3v) is 5.71. The van der Waals surface area contributed by atoms with Crippen LogP contribution < -0.4 is 10.5 Å². The molecule has 1 heterocycles. The summed E-state index contributed by atoms with van der Waals surface area (Å²) >= 11 is 1.20. The summed E-state index contributed by atoms with van der Waals surface area (Å²) < 4.78 is 27.4. The van der Waals surface area contributed by atoms with Crippen LogP contribution in [0, 0.1) is 0 Å². The van der Waals surface area contributed by atoms with Crippen LogP contribution in [0.5, 0.6) is 0 Å². The smallest absolute Gasteiger partial charge is 0.271 e. The van der Waals surface area contributed by atoms with E-state index in [1.807, 2.05) is 25.1 Å². The minimum atomic E-state index is -3.52. The minimum absolute atomic E-state index is 0.291. The number of nitrogens with one attached hydrogen (secondary N) is 1. The molecule has 3 N–H and O–H groups in total. The third kappa shape index (κ3) is 3.15. The summed E-state index contributed by atoms with van der Waals surface area (Å²) in [5, 5.41) is 0. The highest BCUT2D eigenvalue weighted by Gasteiger charge is 2.17. The van der Waals surface area contributed by atoms with Crippen LogP contribution in [0.4, 0.5) is 5.69 Å². The quantitative estimate of drug-likeness (QED) is 0.890. The van der Waals surface area contributed by atoms with Crippen LogP contribution in [-0.4, -0.2) is 8.42 Å². The van der Waals surface area contributed by atoms with Gasteiger partial charge in [-0.05, 0) is 30.2 Å². The topological polar surface area (TPSA) is 72.2 Å². The van der Waals surface area contributed by atoms with E-state index in [0.717, 1.165) is 16.9 Å². The lowest BCUT2D eigenvalue weighted by Gasteiger charge is -2.10. The number of sulfonamides is 1. The Bertz CT molecular complexity index is 663. The van der Waals surface area contributed by atoms with Crippen molar-refractivity contribution < 1.29 is 8.42 Å². The molecule has 1 aromatic carbocycles. The number of para-hydroxylation sites is 1. The predicted molar refractivity (Wildman–Crippen MR) is 78.8 cm³/mol. The van der Waals surface area contributed by atoms with Crippen molar-refractivity contribution in [1.82, 2.24) is 0 Å². The van der Waals surface area contributed by atoms with E-state index in [1.165, 1.54) is 11.3 Å². The number of rotatable bonds is 5. The molecular formula is C13H16N2O2S2. The zero-order valence-electron chi connectivity index (χ0n) is 10.6. The molecule has 0 aliphatic rings. The van der Waals surface area contributed by atoms with Gasteiger partial charge in [-0.3, -0.25) is 4.72 Å². The second-order valence-corrected chi connectivity index (χ2v) is 7.12. The van der Waals surface area contributed by atoms with Gasteiger partial charge >= 0.3 is 0 Å². The molecule has 0 spiro atoms. The predicted octanol–water partition coefficient (Wildman–Crippen LogP) is 2.57. The van der Waals surface area contributed by atoms with Gasteiger partial charge in [0.05, 0.1) is 5.69 Å². The molecule has 2 rings (SSSR count). The van der Waals surface area contributed by atoms with Crippen LogP contribution in [0.15, 0.2) is 40.6 Å². The Kier molecular flexibility index (Phi) is 4.24. The Morgan fingerprint density at radius 3 is 2.58 bits per heavy atom. The molecule has 19 heavy (non-hydrogen) atoms. The molecule has 0 unspecified atom stereocenters. The molecule has 1 aromatic heterocycles. The normalized spacial score (nSPS) is 11.5. The summed E-state index contributed by atoms with van der Waals surface area (Å²) in [6, 6.07) is 10.7. The molecule has 0 aliphatic heterocycles. The zero-order valence-corrected chi connectivity index (χ0v) is 12.2. The number of anilines is 1. The number of benzene rings is 1. The van der Waals surface area contributed by atoms with Gasteiger partial charge in [0.1, 0.15) is 4.21 Å². The van der Waals surface area contributed by atoms with E-state index < -0.39 is 10.0 Å². The van der Waals surface area contributed by atoms with Gasteiger partial charge in [-0.25, -0.2) is 8.42 Å². The summed E-state index contributed by atoms with van der Waals surface area (Å²) in [6.07, 6.45) is 0.775. The van der Waals surface area contributed by atoms with Crippen molar-refractivity contribution in [3.8, 4) is 0 Å². The first-order chi connectivity index (χ1) is 9.06. The van der Waals surface area contributed by atoms with E-state index in [0.29, 0.717) is 16.4 Å². The maximum absolute atomic E-state index is 12.3. The third-order valence-electron chi connectivity index (χ3n) is 2.75. The molecule has 0 fully saturated rings. The molecule has 102 valence electrons. The zero-order chi connectivity index (χ0) is 13.9. The van der Waals surface area contributed by atoms with Crippen LogP contribution >= 0.6 is 11.3 Å². The maximum atomic E-state index is 12.3. The lowest BCUT2D eigenvalue weighted by Crippen LogP contribution is -2.12. The van der Waals surface area contributed by atoms with E-state index in [1.54, 1.807) is 18.2 Å². The van der Waals surface area contributed by atoms with Gasteiger partial charge in [-0.2, -0.15) is 0 Å². The molecule has 0 aliphatic carbocycles. The first-order valence-corrected chi connectivity index (χ1v) is 8.26. The van der Waals surface area contributed by atoms with Gasteiger partial charge in [0.25, 0.3) is 10.0 Å². The summed E-state index contributed by atoms with van der Waals surface area (Å²) in [6.45, 7) is 2.34. The van der Waals surface area contributed by atoms with Crippen molar-refractivity contribution in [2.75, 3.05) is 4.72 Å². The second kappa shape index (κ2) is 5.73. The van der Waals surface area contributed by atoms with Crippen molar-refractivity contribution in [3.05, 3.63) is 46.8 Å². The standard InChI is InChI=1S/C13H16N2O2S2/c1-2-10-5-3-4-6-12(10)15-19(16,17)13-8-7-11(9-14)18-13/h3-8,15H,2,9,14H2,1H3. The molecule has 0 atom stereocenters. The van der Waals surface area contributed by atoms with Crippen molar-refractivity contribution in [1.29, 1.82) is 0 Å². The summed E-state index contributed by atoms with van der Waals surface area (Å²) in [5.41, 5.74) is 7.11. The highest BCUT2D eigenvalue weighted by atomic mass is 32.2. The van der Waals surface area contributed by atoms with Crippen LogP contribution in [0.3, 0.4) is 0 Å². The SMILES string of the molecule is CCc1ccccc1NS(=O)(=O)c1ccc(CN)s1. The van der Waals surface area contributed by atoms with Gasteiger partial charge in [0.2, 0.25) is 0 Å². The number of hydrogen-bond donors (Lipinski definition) is 2. The molecule has 0 bridgehead atoms. The van der Waals surface area contributed by atoms with E-state index in [2.05, 4.69) is 4.72 Å². The first kappa shape index (κ1) is 14.0. The number of aryl methyl sites for hydroxylation is 1. The first-order valence-electron chi connectivity index (χ1n) is 5.96. The average molecular weight is 296 g/mol. The summed E-state index contributed by atoms with van der Waals surface area (Å²) in [7, 11) is -3.52. The molecule has 0 saturated carbocycles. The minimum Gasteiger partial charge on any atom is -0.326 e. The Balaban J connectivity index is 2.31. The Morgan fingerprint density at radius 2 is 1.95 bits per heavy atom. The van der Waals surface area contributed by atoms with Crippen molar-refractivity contribution in [2.45, 2.75) is 24.1 Å². The van der Waals surface area contributed by atoms with E-state index in [-0.39, 0.29) is 0 Å². The van der Waals surface area contributed by atoms with Crippen molar-refractivity contribution in [2.24, 2.45) is 5.73 Å². The molecule has 6 heteroatoms. The lowest BCUT2D eigenvalue weighted by atomic mass is 10.1. The van der Waals surface area contributed by atoms with Crippen LogP contribution in [0.2, 0.25) is 0 Å². The molecular weight excluding hydrogens is 280 g/mol. The molecule has 2 aromatic rings. The summed E-state index contributed by atoms with van der Waals surface area (Å²) in [4.78, 5) is 0.851. The largest absolute Gasteiger partial charge is 0.326 e. The molecule has 4 nitrogen and oxygen atoms in total. The summed E-state index contributed by atoms with van der Waals surface area (Å²) in [5.74, 6) is 0. The van der Waals surface area contributed by atoms with Gasteiger partial charge < -0.3 is 5.73 Å². The van der Waals surface area contributed by atoms with Crippen molar-refractivity contribution >= 4 is 27.0 Å². The number of thiophene rings is 1. The Hall–Kier alpha value is -1.37. The molecule has 0 radical (unpaired) electrons. The van der Waals surface area contributed by atoms with E-state index >= 15 is 0 Å². The second-order valence-electron chi connectivity index (χ2n) is 4.04. The lowest BCUT2D eigenvalue weighted by molar-refractivity contribution is 0.603. The average Bonchev–Trinajstić information content (AvgIpc) is 2.88. The Labute approximate surface area is 117 Å². The number of hydrogen-bond acceptors (Lipinski definition) is 4. The fraction of sp³-hybridized carbons (Fsp3) is 0.231. The highest BCUT2D eigenvalue weighted by molar-refractivity contribution is 7.94. The van der Waals surface area contributed by atoms with Gasteiger partial charge in [-0.1, -0.05) is 25.1 Å². The van der Waals surface area contributed by atoms with E-state index in [4.69, 9.17) is 5.73 Å². The van der Waals surface area contributed by atoms with Gasteiger partial charge in [-0.15, -0.1) is 11.3 Å². The monoisotopic (exact) mass is 296 g/mol. The van der Waals surface area contributed by atoms with Crippen LogP contribution in [-0.2, 0) is 23.0 Å². The van der Waals surface area contributed by atoms with E-state index in [9.17, 15) is 8.42 Å². The maximum Gasteiger partial charge on any atom is 0.271 e. The highest BCUT2D eigenvalue weighted by Crippen LogP contribution is 2.25. The van der Waals surface area contributed by atoms with Crippen LogP contribution in [0.25, 0.3) is 0 Å². The Morgan fingerprint density at radius 1 is 1.21 bits per heavy atom. The van der Waals surface area contributed by atoms with Gasteiger partial charge in [0.15, 0.2) is 0 Å². The fourth-order valence-electron chi connectivity index (χ4n) is 1.74. The molecule has 0 saturated heterocycles. The van der Waals surface area contributed by atoms with Crippen molar-refractivity contribution in [3.63, 3.8) is 0 Å². The number of nitrogens with two attached hydrogens (primary N) is 1.